The molecular formula is C18H10Cl2F3N3O2S2. The molecule has 1 saturated heterocycles. The summed E-state index contributed by atoms with van der Waals surface area (Å²) in [7, 11) is 0. The standard InChI is InChI=1S/C18H10Cl2F3N3O2S2/c19-12-6-5-11(8-13(12)20)24-16(28)25-26-15(27)14(30-17(26)29)7-9-1-3-10(4-2-9)18(21,22)23/h1-8H,(H2,24,25,28)/b14-7-. The molecule has 2 N–H and O–H groups in total. The van der Waals surface area contributed by atoms with Gasteiger partial charge in [0.25, 0.3) is 5.91 Å². The van der Waals surface area contributed by atoms with Crippen LogP contribution >= 0.6 is 47.2 Å². The van der Waals surface area contributed by atoms with E-state index in [2.05, 4.69) is 10.7 Å². The van der Waals surface area contributed by atoms with Gasteiger partial charge in [-0.2, -0.15) is 18.2 Å². The SMILES string of the molecule is O=C(Nc1ccc(Cl)c(Cl)c1)NN1C(=O)/C(=C/c2ccc(C(F)(F)F)cc2)SC1=S. The molecule has 2 aromatic carbocycles. The maximum atomic E-state index is 12.7. The number of urea groups is 1. The Balaban J connectivity index is 1.68. The number of thiocarbonyl (C=S) groups is 1. The van der Waals surface area contributed by atoms with Crippen LogP contribution < -0.4 is 10.7 Å². The fourth-order valence-corrected chi connectivity index (χ4v) is 3.80. The van der Waals surface area contributed by atoms with Crippen molar-refractivity contribution in [2.75, 3.05) is 5.32 Å². The van der Waals surface area contributed by atoms with Crippen LogP contribution in [0.25, 0.3) is 6.08 Å². The number of alkyl halides is 3. The summed E-state index contributed by atoms with van der Waals surface area (Å²) in [5.74, 6) is -0.616. The quantitative estimate of drug-likeness (QED) is 0.411. The van der Waals surface area contributed by atoms with Crippen molar-refractivity contribution in [2.24, 2.45) is 0 Å². The topological polar surface area (TPSA) is 61.4 Å². The van der Waals surface area contributed by atoms with E-state index < -0.39 is 23.7 Å². The molecule has 0 atom stereocenters. The number of nitrogens with zero attached hydrogens (tertiary/aromatic N) is 1. The van der Waals surface area contributed by atoms with Crippen molar-refractivity contribution in [2.45, 2.75) is 6.18 Å². The Morgan fingerprint density at radius 3 is 2.37 bits per heavy atom. The molecular weight excluding hydrogens is 482 g/mol. The van der Waals surface area contributed by atoms with E-state index in [-0.39, 0.29) is 14.2 Å². The number of carbonyl (C=O) groups is 2. The summed E-state index contributed by atoms with van der Waals surface area (Å²) in [6.45, 7) is 0. The highest BCUT2D eigenvalue weighted by Gasteiger charge is 2.34. The van der Waals surface area contributed by atoms with Crippen molar-refractivity contribution in [1.82, 2.24) is 10.4 Å². The molecule has 30 heavy (non-hydrogen) atoms. The maximum absolute atomic E-state index is 12.7. The Morgan fingerprint density at radius 2 is 1.77 bits per heavy atom. The van der Waals surface area contributed by atoms with Crippen LogP contribution in [0.3, 0.4) is 0 Å². The van der Waals surface area contributed by atoms with Crippen LogP contribution in [0.4, 0.5) is 23.7 Å². The summed E-state index contributed by atoms with van der Waals surface area (Å²) in [5, 5.41) is 3.89. The molecule has 3 rings (SSSR count). The number of hydrazine groups is 1. The van der Waals surface area contributed by atoms with Gasteiger partial charge in [0.2, 0.25) is 0 Å². The first-order chi connectivity index (χ1) is 14.0. The van der Waals surface area contributed by atoms with Gasteiger partial charge in [-0.3, -0.25) is 4.79 Å². The van der Waals surface area contributed by atoms with Gasteiger partial charge >= 0.3 is 12.2 Å². The third-order valence-corrected chi connectivity index (χ3v) is 5.76. The number of nitrogens with one attached hydrogen (secondary N) is 2. The van der Waals surface area contributed by atoms with E-state index in [1.54, 1.807) is 0 Å². The second-order valence-electron chi connectivity index (χ2n) is 5.83. The smallest absolute Gasteiger partial charge is 0.307 e. The predicted molar refractivity (Wildman–Crippen MR) is 115 cm³/mol. The van der Waals surface area contributed by atoms with Gasteiger partial charge in [0.1, 0.15) is 0 Å². The largest absolute Gasteiger partial charge is 0.416 e. The Kier molecular flexibility index (Phi) is 6.61. The second-order valence-corrected chi connectivity index (χ2v) is 8.32. The van der Waals surface area contributed by atoms with Gasteiger partial charge in [-0.15, -0.1) is 0 Å². The van der Waals surface area contributed by atoms with E-state index in [9.17, 15) is 22.8 Å². The molecule has 5 nitrogen and oxygen atoms in total. The lowest BCUT2D eigenvalue weighted by molar-refractivity contribution is -0.137. The molecule has 0 spiro atoms. The number of rotatable bonds is 3. The molecule has 156 valence electrons. The van der Waals surface area contributed by atoms with Crippen LogP contribution in [-0.2, 0) is 11.0 Å². The maximum Gasteiger partial charge on any atom is 0.416 e. The minimum atomic E-state index is -4.45. The number of hydrogen-bond donors (Lipinski definition) is 2. The second kappa shape index (κ2) is 8.84. The Hall–Kier alpha value is -2.27. The zero-order valence-electron chi connectivity index (χ0n) is 14.6. The van der Waals surface area contributed by atoms with Gasteiger partial charge in [-0.25, -0.2) is 10.2 Å². The lowest BCUT2D eigenvalue weighted by Crippen LogP contribution is -2.46. The van der Waals surface area contributed by atoms with Gasteiger partial charge in [-0.1, -0.05) is 47.1 Å². The summed E-state index contributed by atoms with van der Waals surface area (Å²) in [6, 6.07) is 7.98. The number of halogens is 5. The third kappa shape index (κ3) is 5.25. The van der Waals surface area contributed by atoms with Crippen molar-refractivity contribution in [3.05, 3.63) is 68.5 Å². The minimum Gasteiger partial charge on any atom is -0.307 e. The zero-order valence-corrected chi connectivity index (χ0v) is 17.7. The van der Waals surface area contributed by atoms with Gasteiger partial charge in [0, 0.05) is 5.69 Å². The molecule has 0 aliphatic carbocycles. The fraction of sp³-hybridized carbons (Fsp3) is 0.0556. The monoisotopic (exact) mass is 491 g/mol. The van der Waals surface area contributed by atoms with Crippen LogP contribution in [-0.4, -0.2) is 21.3 Å². The van der Waals surface area contributed by atoms with Crippen molar-refractivity contribution < 1.29 is 22.8 Å². The Morgan fingerprint density at radius 1 is 1.10 bits per heavy atom. The number of anilines is 1. The van der Waals surface area contributed by atoms with E-state index in [0.717, 1.165) is 28.9 Å². The van der Waals surface area contributed by atoms with Crippen LogP contribution in [0.2, 0.25) is 10.0 Å². The van der Waals surface area contributed by atoms with E-state index in [1.165, 1.54) is 36.4 Å². The molecule has 1 aliphatic heterocycles. The lowest BCUT2D eigenvalue weighted by Gasteiger charge is -2.16. The van der Waals surface area contributed by atoms with Crippen LogP contribution in [0, 0.1) is 0 Å². The predicted octanol–water partition coefficient (Wildman–Crippen LogP) is 5.95. The first-order valence-electron chi connectivity index (χ1n) is 8.02. The number of thioether (sulfide) groups is 1. The van der Waals surface area contributed by atoms with Crippen molar-refractivity contribution in [3.8, 4) is 0 Å². The van der Waals surface area contributed by atoms with Gasteiger partial charge in [0.05, 0.1) is 20.5 Å². The molecule has 1 aliphatic rings. The molecule has 2 aromatic rings. The number of hydrogen-bond acceptors (Lipinski definition) is 4. The molecule has 0 aromatic heterocycles. The number of carbonyl (C=O) groups excluding carboxylic acids is 2. The molecule has 0 bridgehead atoms. The fourth-order valence-electron chi connectivity index (χ4n) is 2.32. The average Bonchev–Trinajstić information content (AvgIpc) is 2.92. The third-order valence-electron chi connectivity index (χ3n) is 3.72. The molecule has 0 saturated carbocycles. The lowest BCUT2D eigenvalue weighted by atomic mass is 10.1. The summed E-state index contributed by atoms with van der Waals surface area (Å²) in [6.07, 6.45) is -3.06. The molecule has 1 heterocycles. The Labute approximate surface area is 188 Å². The van der Waals surface area contributed by atoms with E-state index in [1.807, 2.05) is 0 Å². The van der Waals surface area contributed by atoms with Crippen molar-refractivity contribution in [3.63, 3.8) is 0 Å². The molecule has 1 fully saturated rings. The molecule has 0 unspecified atom stereocenters. The van der Waals surface area contributed by atoms with Gasteiger partial charge in [0.15, 0.2) is 4.32 Å². The summed E-state index contributed by atoms with van der Waals surface area (Å²) in [4.78, 5) is 24.8. The number of benzene rings is 2. The minimum absolute atomic E-state index is 0.0578. The van der Waals surface area contributed by atoms with Crippen LogP contribution in [0.5, 0.6) is 0 Å². The first kappa shape index (κ1) is 22.4. The highest BCUT2D eigenvalue weighted by Crippen LogP contribution is 2.33. The van der Waals surface area contributed by atoms with Crippen LogP contribution in [0.15, 0.2) is 47.4 Å². The first-order valence-corrected chi connectivity index (χ1v) is 10.0. The molecule has 3 amide bonds. The Bertz CT molecular complexity index is 1060. The van der Waals surface area contributed by atoms with Crippen LogP contribution in [0.1, 0.15) is 11.1 Å². The van der Waals surface area contributed by atoms with E-state index in [4.69, 9.17) is 35.4 Å². The summed E-state index contributed by atoms with van der Waals surface area (Å²) >= 11 is 17.7. The number of amides is 3. The molecule has 0 radical (unpaired) electrons. The van der Waals surface area contributed by atoms with E-state index in [0.29, 0.717) is 16.3 Å². The normalized spacial score (nSPS) is 15.6. The zero-order chi connectivity index (χ0) is 22.1. The van der Waals surface area contributed by atoms with Gasteiger partial charge in [-0.05, 0) is 54.2 Å². The van der Waals surface area contributed by atoms with Gasteiger partial charge < -0.3 is 5.32 Å². The van der Waals surface area contributed by atoms with Crippen molar-refractivity contribution >= 4 is 75.2 Å². The highest BCUT2D eigenvalue weighted by molar-refractivity contribution is 8.26. The highest BCUT2D eigenvalue weighted by atomic mass is 35.5. The van der Waals surface area contributed by atoms with E-state index >= 15 is 0 Å². The van der Waals surface area contributed by atoms with Crippen molar-refractivity contribution in [1.29, 1.82) is 0 Å². The summed E-state index contributed by atoms with van der Waals surface area (Å²) < 4.78 is 38.0. The average molecular weight is 492 g/mol. The summed E-state index contributed by atoms with van der Waals surface area (Å²) in [5.41, 5.74) is 2.23. The molecule has 12 heteroatoms.